The number of hydrogen-bond acceptors (Lipinski definition) is 5. The number of amides is 1. The molecule has 0 saturated carbocycles. The fourth-order valence-electron chi connectivity index (χ4n) is 3.52. The van der Waals surface area contributed by atoms with E-state index in [4.69, 9.17) is 5.11 Å². The van der Waals surface area contributed by atoms with Crippen molar-refractivity contribution < 1.29 is 28.2 Å². The molecule has 3 rings (SSSR count). The van der Waals surface area contributed by atoms with Crippen LogP contribution in [0.5, 0.6) is 5.75 Å². The van der Waals surface area contributed by atoms with Crippen LogP contribution in [0.25, 0.3) is 0 Å². The zero-order valence-electron chi connectivity index (χ0n) is 12.9. The van der Waals surface area contributed by atoms with Crippen LogP contribution in [0, 0.1) is 0 Å². The van der Waals surface area contributed by atoms with Gasteiger partial charge in [-0.3, -0.25) is 4.79 Å². The Labute approximate surface area is 139 Å². The Kier molecular flexibility index (Phi) is 4.00. The van der Waals surface area contributed by atoms with Gasteiger partial charge in [0.2, 0.25) is 15.9 Å². The summed E-state index contributed by atoms with van der Waals surface area (Å²) >= 11 is 0. The van der Waals surface area contributed by atoms with E-state index in [0.29, 0.717) is 32.2 Å². The molecule has 1 atom stereocenters. The maximum atomic E-state index is 13.0. The van der Waals surface area contributed by atoms with Crippen LogP contribution >= 0.6 is 0 Å². The third kappa shape index (κ3) is 2.44. The molecule has 2 saturated heterocycles. The molecule has 1 aromatic rings. The molecule has 2 fully saturated rings. The van der Waals surface area contributed by atoms with Gasteiger partial charge in [-0.15, -0.1) is 0 Å². The van der Waals surface area contributed by atoms with Gasteiger partial charge in [0.05, 0.1) is 4.90 Å². The average Bonchev–Trinajstić information content (AvgIpc) is 2.96. The van der Waals surface area contributed by atoms with Gasteiger partial charge >= 0.3 is 5.97 Å². The van der Waals surface area contributed by atoms with Gasteiger partial charge in [0, 0.05) is 13.1 Å². The highest BCUT2D eigenvalue weighted by atomic mass is 32.2. The lowest BCUT2D eigenvalue weighted by Gasteiger charge is -2.39. The number of carboxylic acid groups (broad SMARTS) is 1. The maximum absolute atomic E-state index is 13.0. The summed E-state index contributed by atoms with van der Waals surface area (Å²) in [6.45, 7) is 0.732. The van der Waals surface area contributed by atoms with E-state index in [2.05, 4.69) is 5.32 Å². The number of phenols is 1. The first kappa shape index (κ1) is 16.7. The van der Waals surface area contributed by atoms with Crippen molar-refractivity contribution >= 4 is 21.9 Å². The highest BCUT2D eigenvalue weighted by Crippen LogP contribution is 2.40. The largest absolute Gasteiger partial charge is 0.507 e. The van der Waals surface area contributed by atoms with Crippen LogP contribution in [-0.4, -0.2) is 53.4 Å². The minimum absolute atomic E-state index is 0.207. The van der Waals surface area contributed by atoms with Gasteiger partial charge < -0.3 is 15.5 Å². The molecule has 1 amide bonds. The lowest BCUT2D eigenvalue weighted by molar-refractivity contribution is -0.131. The number of aromatic hydroxyl groups is 1. The van der Waals surface area contributed by atoms with E-state index in [0.717, 1.165) is 18.2 Å². The van der Waals surface area contributed by atoms with Gasteiger partial charge in [-0.25, -0.2) is 13.2 Å². The van der Waals surface area contributed by atoms with Gasteiger partial charge in [-0.1, -0.05) is 0 Å². The minimum Gasteiger partial charge on any atom is -0.507 e. The molecule has 8 nitrogen and oxygen atoms in total. The van der Waals surface area contributed by atoms with E-state index in [1.54, 1.807) is 0 Å². The van der Waals surface area contributed by atoms with E-state index >= 15 is 0 Å². The quantitative estimate of drug-likeness (QED) is 0.727. The number of carbonyl (C=O) groups excluding carboxylic acids is 1. The Morgan fingerprint density at radius 3 is 2.62 bits per heavy atom. The molecule has 1 aromatic carbocycles. The molecule has 0 radical (unpaired) electrons. The molecule has 3 N–H and O–H groups in total. The molecule has 0 bridgehead atoms. The van der Waals surface area contributed by atoms with Crippen LogP contribution in [0.4, 0.5) is 0 Å². The Morgan fingerprint density at radius 2 is 1.96 bits per heavy atom. The number of sulfonamides is 1. The summed E-state index contributed by atoms with van der Waals surface area (Å²) in [5, 5.41) is 21.4. The van der Waals surface area contributed by atoms with Crippen LogP contribution in [0.3, 0.4) is 0 Å². The van der Waals surface area contributed by atoms with Crippen LogP contribution < -0.4 is 5.32 Å². The molecule has 1 spiro atoms. The van der Waals surface area contributed by atoms with E-state index in [9.17, 15) is 23.1 Å². The number of nitrogens with zero attached hydrogens (tertiary/aromatic N) is 1. The van der Waals surface area contributed by atoms with E-state index < -0.39 is 32.8 Å². The number of hydrogen-bond donors (Lipinski definition) is 3. The number of rotatable bonds is 3. The third-order valence-electron chi connectivity index (χ3n) is 4.69. The molecule has 2 aliphatic heterocycles. The topological polar surface area (TPSA) is 124 Å². The molecule has 0 aliphatic carbocycles. The standard InChI is InChI=1S/C15H18N2O6S/c18-12-4-3-10(9-11(12)13(19)20)24(22,23)17-8-2-6-15(17)5-1-7-16-14(15)21/h3-4,9,18H,1-2,5-8H2,(H,16,21)(H,19,20). The number of carboxylic acids is 1. The SMILES string of the molecule is O=C(O)c1cc(S(=O)(=O)N2CCCC23CCCNC3=O)ccc1O. The molecule has 24 heavy (non-hydrogen) atoms. The number of nitrogens with one attached hydrogen (secondary N) is 1. The molecule has 130 valence electrons. The maximum Gasteiger partial charge on any atom is 0.339 e. The van der Waals surface area contributed by atoms with E-state index in [1.165, 1.54) is 4.31 Å². The van der Waals surface area contributed by atoms with Gasteiger partial charge in [0.15, 0.2) is 0 Å². The van der Waals surface area contributed by atoms with Crippen LogP contribution in [0.15, 0.2) is 23.1 Å². The van der Waals surface area contributed by atoms with Crippen molar-refractivity contribution in [2.75, 3.05) is 13.1 Å². The number of aromatic carboxylic acids is 1. The fourth-order valence-corrected chi connectivity index (χ4v) is 5.37. The van der Waals surface area contributed by atoms with Crippen molar-refractivity contribution in [3.05, 3.63) is 23.8 Å². The van der Waals surface area contributed by atoms with Gasteiger partial charge in [-0.2, -0.15) is 4.31 Å². The van der Waals surface area contributed by atoms with Gasteiger partial charge in [0.1, 0.15) is 16.9 Å². The molecule has 9 heteroatoms. The van der Waals surface area contributed by atoms with Crippen LogP contribution in [-0.2, 0) is 14.8 Å². The molecule has 2 aliphatic rings. The Morgan fingerprint density at radius 1 is 1.25 bits per heavy atom. The zero-order valence-corrected chi connectivity index (χ0v) is 13.7. The highest BCUT2D eigenvalue weighted by Gasteiger charge is 2.53. The smallest absolute Gasteiger partial charge is 0.339 e. The van der Waals surface area contributed by atoms with Crippen LogP contribution in [0.1, 0.15) is 36.0 Å². The second kappa shape index (κ2) is 5.75. The Balaban J connectivity index is 2.06. The average molecular weight is 354 g/mol. The van der Waals surface area contributed by atoms with E-state index in [1.807, 2.05) is 0 Å². The normalized spacial score (nSPS) is 24.9. The Hall–Kier alpha value is -2.13. The predicted molar refractivity (Wildman–Crippen MR) is 83.2 cm³/mol. The summed E-state index contributed by atoms with van der Waals surface area (Å²) in [6.07, 6.45) is 2.15. The van der Waals surface area contributed by atoms with Crippen molar-refractivity contribution in [1.82, 2.24) is 9.62 Å². The molecule has 0 aromatic heterocycles. The van der Waals surface area contributed by atoms with Crippen molar-refractivity contribution in [2.24, 2.45) is 0 Å². The second-order valence-corrected chi connectivity index (χ2v) is 7.92. The first-order valence-corrected chi connectivity index (χ1v) is 9.10. The summed E-state index contributed by atoms with van der Waals surface area (Å²) in [4.78, 5) is 23.3. The molecule has 2 heterocycles. The van der Waals surface area contributed by atoms with Gasteiger partial charge in [-0.05, 0) is 43.9 Å². The third-order valence-corrected chi connectivity index (χ3v) is 6.65. The summed E-state index contributed by atoms with van der Waals surface area (Å²) in [7, 11) is -4.05. The number of piperidine rings is 1. The zero-order chi connectivity index (χ0) is 17.5. The molecular formula is C15H18N2O6S. The summed E-state index contributed by atoms with van der Waals surface area (Å²) in [5.74, 6) is -2.23. The molecule has 1 unspecified atom stereocenters. The monoisotopic (exact) mass is 354 g/mol. The second-order valence-electron chi connectivity index (χ2n) is 6.06. The van der Waals surface area contributed by atoms with Crippen molar-refractivity contribution in [3.63, 3.8) is 0 Å². The lowest BCUT2D eigenvalue weighted by atomic mass is 9.88. The predicted octanol–water partition coefficient (Wildman–Crippen LogP) is 0.524. The number of benzene rings is 1. The lowest BCUT2D eigenvalue weighted by Crippen LogP contribution is -2.60. The summed E-state index contributed by atoms with van der Waals surface area (Å²) in [5.41, 5.74) is -1.59. The van der Waals surface area contributed by atoms with E-state index in [-0.39, 0.29) is 17.3 Å². The minimum atomic E-state index is -4.05. The van der Waals surface area contributed by atoms with Crippen LogP contribution in [0.2, 0.25) is 0 Å². The first-order chi connectivity index (χ1) is 11.3. The summed E-state index contributed by atoms with van der Waals surface area (Å²) < 4.78 is 27.2. The van der Waals surface area contributed by atoms with Crippen molar-refractivity contribution in [3.8, 4) is 5.75 Å². The fraction of sp³-hybridized carbons (Fsp3) is 0.467. The summed E-state index contributed by atoms with van der Waals surface area (Å²) in [6, 6.07) is 3.13. The van der Waals surface area contributed by atoms with Gasteiger partial charge in [0.25, 0.3) is 0 Å². The Bertz CT molecular complexity index is 806. The van der Waals surface area contributed by atoms with Crippen molar-refractivity contribution in [1.29, 1.82) is 0 Å². The van der Waals surface area contributed by atoms with Crippen molar-refractivity contribution in [2.45, 2.75) is 36.1 Å². The first-order valence-electron chi connectivity index (χ1n) is 7.66. The number of carbonyl (C=O) groups is 2. The molecular weight excluding hydrogens is 336 g/mol. The highest BCUT2D eigenvalue weighted by molar-refractivity contribution is 7.89.